The van der Waals surface area contributed by atoms with E-state index in [9.17, 15) is 9.59 Å². The van der Waals surface area contributed by atoms with Gasteiger partial charge in [-0.25, -0.2) is 0 Å². The summed E-state index contributed by atoms with van der Waals surface area (Å²) in [6.45, 7) is 1.35. The zero-order valence-electron chi connectivity index (χ0n) is 12.6. The van der Waals surface area contributed by atoms with Crippen molar-refractivity contribution in [3.05, 3.63) is 47.5 Å². The third kappa shape index (κ3) is 2.52. The number of nitrogens with one attached hydrogen (secondary N) is 1. The molecule has 0 aromatic carbocycles. The second-order valence-corrected chi connectivity index (χ2v) is 5.76. The van der Waals surface area contributed by atoms with Crippen molar-refractivity contribution in [2.45, 2.75) is 18.8 Å². The molecule has 0 radical (unpaired) electrons. The number of primary amides is 1. The molecular weight excluding hydrogens is 280 g/mol. The molecule has 2 amide bonds. The smallest absolute Gasteiger partial charge is 0.270 e. The van der Waals surface area contributed by atoms with Crippen molar-refractivity contribution in [3.8, 4) is 0 Å². The normalized spacial score (nSPS) is 18.4. The fourth-order valence-electron chi connectivity index (χ4n) is 3.18. The topological polar surface area (TPSA) is 84.1 Å². The number of H-pyrrole nitrogens is 1. The lowest BCUT2D eigenvalue weighted by atomic mass is 9.92. The van der Waals surface area contributed by atoms with Gasteiger partial charge in [-0.05, 0) is 31.0 Å². The number of rotatable bonds is 3. The van der Waals surface area contributed by atoms with Crippen molar-refractivity contribution >= 4 is 11.8 Å². The molecule has 1 atom stereocenters. The molecule has 1 aliphatic rings. The standard InChI is InChI=1S/C16H20N4O2/c1-19-8-3-5-13(19)16(22)20-9-2-4-11(10-20)14-12(15(17)21)6-7-18-14/h3,5-8,11,18H,2,4,9-10H2,1H3,(H2,17,21). The van der Waals surface area contributed by atoms with Crippen LogP contribution in [0.1, 0.15) is 45.3 Å². The molecule has 0 saturated carbocycles. The molecule has 116 valence electrons. The fraction of sp³-hybridized carbons (Fsp3) is 0.375. The van der Waals surface area contributed by atoms with Crippen molar-refractivity contribution in [1.82, 2.24) is 14.5 Å². The number of amides is 2. The third-order valence-electron chi connectivity index (χ3n) is 4.32. The van der Waals surface area contributed by atoms with Crippen molar-refractivity contribution in [2.75, 3.05) is 13.1 Å². The summed E-state index contributed by atoms with van der Waals surface area (Å²) in [5.74, 6) is -0.276. The number of aromatic nitrogens is 2. The number of carbonyl (C=O) groups is 2. The van der Waals surface area contributed by atoms with Crippen LogP contribution in [0.15, 0.2) is 30.6 Å². The first-order valence-corrected chi connectivity index (χ1v) is 7.45. The van der Waals surface area contributed by atoms with Gasteiger partial charge in [0.05, 0.1) is 5.56 Å². The maximum absolute atomic E-state index is 12.6. The first-order valence-electron chi connectivity index (χ1n) is 7.45. The van der Waals surface area contributed by atoms with Crippen LogP contribution in [-0.4, -0.2) is 39.4 Å². The van der Waals surface area contributed by atoms with E-state index in [1.54, 1.807) is 12.3 Å². The molecule has 3 heterocycles. The summed E-state index contributed by atoms with van der Waals surface area (Å²) in [5, 5.41) is 0. The molecule has 3 rings (SSSR count). The molecule has 1 saturated heterocycles. The largest absolute Gasteiger partial charge is 0.366 e. The summed E-state index contributed by atoms with van der Waals surface area (Å²) >= 11 is 0. The van der Waals surface area contributed by atoms with Gasteiger partial charge in [0.2, 0.25) is 0 Å². The Labute approximate surface area is 128 Å². The number of hydrogen-bond donors (Lipinski definition) is 2. The average Bonchev–Trinajstić information content (AvgIpc) is 3.15. The van der Waals surface area contributed by atoms with Gasteiger partial charge in [0.15, 0.2) is 0 Å². The highest BCUT2D eigenvalue weighted by Crippen LogP contribution is 2.29. The zero-order valence-corrected chi connectivity index (χ0v) is 12.6. The number of likely N-dealkylation sites (tertiary alicyclic amines) is 1. The van der Waals surface area contributed by atoms with E-state index in [0.29, 0.717) is 17.8 Å². The van der Waals surface area contributed by atoms with Crippen LogP contribution in [0.4, 0.5) is 0 Å². The lowest BCUT2D eigenvalue weighted by Crippen LogP contribution is -2.40. The molecule has 0 bridgehead atoms. The Morgan fingerprint density at radius 3 is 2.86 bits per heavy atom. The molecule has 2 aromatic heterocycles. The summed E-state index contributed by atoms with van der Waals surface area (Å²) in [6, 6.07) is 5.40. The van der Waals surface area contributed by atoms with Crippen LogP contribution in [-0.2, 0) is 7.05 Å². The van der Waals surface area contributed by atoms with Gasteiger partial charge in [0, 0.05) is 44.1 Å². The Kier molecular flexibility index (Phi) is 3.75. The van der Waals surface area contributed by atoms with Crippen molar-refractivity contribution < 1.29 is 9.59 Å². The van der Waals surface area contributed by atoms with Gasteiger partial charge in [-0.3, -0.25) is 9.59 Å². The fourth-order valence-corrected chi connectivity index (χ4v) is 3.18. The molecule has 22 heavy (non-hydrogen) atoms. The highest BCUT2D eigenvalue weighted by Gasteiger charge is 2.29. The van der Waals surface area contributed by atoms with Crippen LogP contribution in [0.2, 0.25) is 0 Å². The maximum atomic E-state index is 12.6. The van der Waals surface area contributed by atoms with Gasteiger partial charge in [0.1, 0.15) is 5.69 Å². The average molecular weight is 300 g/mol. The SMILES string of the molecule is Cn1cccc1C(=O)N1CCCC(c2[nH]ccc2C(N)=O)C1. The number of nitrogens with zero attached hydrogens (tertiary/aromatic N) is 2. The lowest BCUT2D eigenvalue weighted by molar-refractivity contribution is 0.0696. The minimum absolute atomic E-state index is 0.0318. The molecular formula is C16H20N4O2. The van der Waals surface area contributed by atoms with Gasteiger partial charge in [-0.15, -0.1) is 0 Å². The molecule has 6 nitrogen and oxygen atoms in total. The van der Waals surface area contributed by atoms with Crippen LogP contribution in [0, 0.1) is 0 Å². The first kappa shape index (κ1) is 14.4. The predicted molar refractivity (Wildman–Crippen MR) is 82.6 cm³/mol. The van der Waals surface area contributed by atoms with Crippen LogP contribution >= 0.6 is 0 Å². The van der Waals surface area contributed by atoms with Gasteiger partial charge in [-0.1, -0.05) is 0 Å². The molecule has 3 N–H and O–H groups in total. The Hall–Kier alpha value is -2.50. The monoisotopic (exact) mass is 300 g/mol. The van der Waals surface area contributed by atoms with Crippen LogP contribution in [0.5, 0.6) is 0 Å². The molecule has 6 heteroatoms. The Morgan fingerprint density at radius 2 is 2.18 bits per heavy atom. The molecule has 1 fully saturated rings. The number of aryl methyl sites for hydroxylation is 1. The lowest BCUT2D eigenvalue weighted by Gasteiger charge is -2.32. The summed E-state index contributed by atoms with van der Waals surface area (Å²) < 4.78 is 1.83. The predicted octanol–water partition coefficient (Wildman–Crippen LogP) is 1.47. The number of nitrogens with two attached hydrogens (primary N) is 1. The van der Waals surface area contributed by atoms with Crippen molar-refractivity contribution in [1.29, 1.82) is 0 Å². The van der Waals surface area contributed by atoms with Gasteiger partial charge in [-0.2, -0.15) is 0 Å². The van der Waals surface area contributed by atoms with E-state index in [-0.39, 0.29) is 11.8 Å². The highest BCUT2D eigenvalue weighted by molar-refractivity contribution is 5.94. The minimum Gasteiger partial charge on any atom is -0.366 e. The number of carbonyl (C=O) groups excluding carboxylic acids is 2. The summed E-state index contributed by atoms with van der Waals surface area (Å²) in [4.78, 5) is 29.1. The minimum atomic E-state index is -0.429. The Bertz CT molecular complexity index is 701. The second-order valence-electron chi connectivity index (χ2n) is 5.76. The van der Waals surface area contributed by atoms with E-state index in [1.165, 1.54) is 0 Å². The van der Waals surface area contributed by atoms with Crippen LogP contribution in [0.3, 0.4) is 0 Å². The van der Waals surface area contributed by atoms with E-state index in [0.717, 1.165) is 25.1 Å². The zero-order chi connectivity index (χ0) is 15.7. The summed E-state index contributed by atoms with van der Waals surface area (Å²) in [5.41, 5.74) is 7.47. The number of hydrogen-bond acceptors (Lipinski definition) is 2. The molecule has 1 unspecified atom stereocenters. The third-order valence-corrected chi connectivity index (χ3v) is 4.32. The maximum Gasteiger partial charge on any atom is 0.270 e. The Balaban J connectivity index is 1.80. The van der Waals surface area contributed by atoms with E-state index in [1.807, 2.05) is 34.8 Å². The second kappa shape index (κ2) is 5.71. The quantitative estimate of drug-likeness (QED) is 0.899. The van der Waals surface area contributed by atoms with E-state index in [2.05, 4.69) is 4.98 Å². The van der Waals surface area contributed by atoms with Crippen LogP contribution in [0.25, 0.3) is 0 Å². The summed E-state index contributed by atoms with van der Waals surface area (Å²) in [6.07, 6.45) is 5.45. The Morgan fingerprint density at radius 1 is 1.36 bits per heavy atom. The van der Waals surface area contributed by atoms with E-state index in [4.69, 9.17) is 5.73 Å². The van der Waals surface area contributed by atoms with Gasteiger partial charge < -0.3 is 20.2 Å². The van der Waals surface area contributed by atoms with Crippen molar-refractivity contribution in [2.24, 2.45) is 12.8 Å². The van der Waals surface area contributed by atoms with Gasteiger partial charge in [0.25, 0.3) is 11.8 Å². The highest BCUT2D eigenvalue weighted by atomic mass is 16.2. The molecule has 0 aliphatic carbocycles. The number of aromatic amines is 1. The molecule has 1 aliphatic heterocycles. The molecule has 0 spiro atoms. The molecule has 2 aromatic rings. The summed E-state index contributed by atoms with van der Waals surface area (Å²) in [7, 11) is 1.87. The van der Waals surface area contributed by atoms with E-state index >= 15 is 0 Å². The van der Waals surface area contributed by atoms with Crippen molar-refractivity contribution in [3.63, 3.8) is 0 Å². The number of piperidine rings is 1. The van der Waals surface area contributed by atoms with E-state index < -0.39 is 5.91 Å². The van der Waals surface area contributed by atoms with Gasteiger partial charge >= 0.3 is 0 Å². The first-order chi connectivity index (χ1) is 10.6. The van der Waals surface area contributed by atoms with Crippen LogP contribution < -0.4 is 5.73 Å².